The molecule has 1 aliphatic heterocycles. The lowest BCUT2D eigenvalue weighted by atomic mass is 10.3. The fourth-order valence-corrected chi connectivity index (χ4v) is 1.99. The van der Waals surface area contributed by atoms with E-state index in [-0.39, 0.29) is 12.5 Å². The molecule has 0 atom stereocenters. The number of piperazine rings is 1. The summed E-state index contributed by atoms with van der Waals surface area (Å²) in [6, 6.07) is 0. The van der Waals surface area contributed by atoms with E-state index in [4.69, 9.17) is 0 Å². The predicted octanol–water partition coefficient (Wildman–Crippen LogP) is -1.21. The van der Waals surface area contributed by atoms with Crippen molar-refractivity contribution in [3.8, 4) is 0 Å². The van der Waals surface area contributed by atoms with Gasteiger partial charge in [-0.1, -0.05) is 6.92 Å². The van der Waals surface area contributed by atoms with Crippen LogP contribution >= 0.6 is 0 Å². The van der Waals surface area contributed by atoms with E-state index in [1.54, 1.807) is 0 Å². The van der Waals surface area contributed by atoms with Gasteiger partial charge in [0.1, 0.15) is 6.54 Å². The molecule has 0 aromatic carbocycles. The van der Waals surface area contributed by atoms with Crippen LogP contribution in [-0.4, -0.2) is 73.3 Å². The first-order chi connectivity index (χ1) is 9.60. The van der Waals surface area contributed by atoms with Gasteiger partial charge in [-0.25, -0.2) is 0 Å². The lowest BCUT2D eigenvalue weighted by Crippen LogP contribution is -2.56. The highest BCUT2D eigenvalue weighted by Gasteiger charge is 2.32. The van der Waals surface area contributed by atoms with Crippen LogP contribution in [0.4, 0.5) is 0 Å². The summed E-state index contributed by atoms with van der Waals surface area (Å²) in [5.74, 6) is -1.33. The molecular weight excluding hydrogens is 260 g/mol. The minimum atomic E-state index is -0.586. The van der Waals surface area contributed by atoms with E-state index in [1.165, 1.54) is 9.80 Å². The molecule has 1 rings (SSSR count). The molecule has 114 valence electrons. The van der Waals surface area contributed by atoms with Crippen LogP contribution in [-0.2, 0) is 14.4 Å². The lowest BCUT2D eigenvalue weighted by Gasteiger charge is -2.32. The molecule has 2 N–H and O–H groups in total. The van der Waals surface area contributed by atoms with Crippen LogP contribution in [0, 0.1) is 0 Å². The van der Waals surface area contributed by atoms with Crippen molar-refractivity contribution in [3.05, 3.63) is 0 Å². The lowest BCUT2D eigenvalue weighted by molar-refractivity contribution is -0.156. The molecule has 0 saturated carbocycles. The molecule has 0 unspecified atom stereocenters. The zero-order valence-electron chi connectivity index (χ0n) is 12.3. The molecule has 3 amide bonds. The second-order valence-electron chi connectivity index (χ2n) is 4.71. The largest absolute Gasteiger partial charge is 0.353 e. The third kappa shape index (κ3) is 4.80. The highest BCUT2D eigenvalue weighted by Crippen LogP contribution is 2.04. The quantitative estimate of drug-likeness (QED) is 0.433. The van der Waals surface area contributed by atoms with Crippen molar-refractivity contribution in [3.63, 3.8) is 0 Å². The topological polar surface area (TPSA) is 81.8 Å². The molecule has 0 spiro atoms. The van der Waals surface area contributed by atoms with Gasteiger partial charge in [0.2, 0.25) is 5.91 Å². The van der Waals surface area contributed by atoms with Crippen molar-refractivity contribution >= 4 is 17.7 Å². The number of carbonyl (C=O) groups excluding carboxylic acids is 3. The number of hydrogen-bond acceptors (Lipinski definition) is 4. The first kappa shape index (κ1) is 16.4. The normalized spacial score (nSPS) is 15.7. The second kappa shape index (κ2) is 8.52. The van der Waals surface area contributed by atoms with Gasteiger partial charge in [0, 0.05) is 32.7 Å². The smallest absolute Gasteiger partial charge is 0.312 e. The zero-order chi connectivity index (χ0) is 15.0. The van der Waals surface area contributed by atoms with Crippen LogP contribution in [0.1, 0.15) is 20.3 Å². The van der Waals surface area contributed by atoms with Crippen molar-refractivity contribution in [2.45, 2.75) is 20.3 Å². The third-order valence-electron chi connectivity index (χ3n) is 3.16. The molecule has 1 fully saturated rings. The number of amides is 3. The van der Waals surface area contributed by atoms with Crippen LogP contribution in [0.5, 0.6) is 0 Å². The van der Waals surface area contributed by atoms with Gasteiger partial charge in [0.05, 0.1) is 0 Å². The molecular formula is C13H24N4O3. The third-order valence-corrected chi connectivity index (χ3v) is 3.16. The molecule has 0 aromatic heterocycles. The van der Waals surface area contributed by atoms with E-state index in [1.807, 2.05) is 6.92 Å². The second-order valence-corrected chi connectivity index (χ2v) is 4.71. The molecule has 0 aromatic rings. The highest BCUT2D eigenvalue weighted by atomic mass is 16.2. The Kier molecular flexibility index (Phi) is 7.00. The van der Waals surface area contributed by atoms with E-state index in [0.717, 1.165) is 13.0 Å². The van der Waals surface area contributed by atoms with Crippen molar-refractivity contribution in [1.82, 2.24) is 20.4 Å². The molecule has 7 heteroatoms. The average molecular weight is 284 g/mol. The van der Waals surface area contributed by atoms with Gasteiger partial charge in [-0.05, 0) is 19.9 Å². The molecule has 20 heavy (non-hydrogen) atoms. The Balaban J connectivity index is 2.28. The average Bonchev–Trinajstić information content (AvgIpc) is 2.44. The number of nitrogens with zero attached hydrogens (tertiary/aromatic N) is 2. The van der Waals surface area contributed by atoms with Crippen LogP contribution in [0.25, 0.3) is 0 Å². The van der Waals surface area contributed by atoms with E-state index in [9.17, 15) is 14.4 Å². The predicted molar refractivity (Wildman–Crippen MR) is 75.0 cm³/mol. The van der Waals surface area contributed by atoms with Gasteiger partial charge in [0.15, 0.2) is 0 Å². The first-order valence-corrected chi connectivity index (χ1v) is 7.15. The van der Waals surface area contributed by atoms with E-state index in [0.29, 0.717) is 32.7 Å². The summed E-state index contributed by atoms with van der Waals surface area (Å²) in [4.78, 5) is 38.0. The summed E-state index contributed by atoms with van der Waals surface area (Å²) in [5, 5.41) is 5.90. The molecule has 1 aliphatic rings. The number of hydrogen-bond donors (Lipinski definition) is 2. The Morgan fingerprint density at radius 1 is 1.05 bits per heavy atom. The molecule has 7 nitrogen and oxygen atoms in total. The maximum Gasteiger partial charge on any atom is 0.312 e. The Labute approximate surface area is 119 Å². The highest BCUT2D eigenvalue weighted by molar-refractivity contribution is 6.35. The molecule has 0 aliphatic carbocycles. The zero-order valence-corrected chi connectivity index (χ0v) is 12.3. The van der Waals surface area contributed by atoms with Gasteiger partial charge in [0.25, 0.3) is 0 Å². The minimum absolute atomic E-state index is 0.0457. The van der Waals surface area contributed by atoms with Crippen molar-refractivity contribution in [1.29, 1.82) is 0 Å². The maximum absolute atomic E-state index is 11.8. The minimum Gasteiger partial charge on any atom is -0.353 e. The van der Waals surface area contributed by atoms with Gasteiger partial charge in [-0.15, -0.1) is 0 Å². The molecule has 1 heterocycles. The van der Waals surface area contributed by atoms with Gasteiger partial charge < -0.3 is 20.4 Å². The fraction of sp³-hybridized carbons (Fsp3) is 0.769. The maximum atomic E-state index is 11.8. The molecule has 0 bridgehead atoms. The Morgan fingerprint density at radius 3 is 2.35 bits per heavy atom. The summed E-state index contributed by atoms with van der Waals surface area (Å²) < 4.78 is 0. The number of rotatable bonds is 8. The summed E-state index contributed by atoms with van der Waals surface area (Å²) in [6.07, 6.45) is 1.05. The fourth-order valence-electron chi connectivity index (χ4n) is 1.99. The van der Waals surface area contributed by atoms with Crippen LogP contribution < -0.4 is 10.6 Å². The number of nitrogens with one attached hydrogen (secondary N) is 2. The summed E-state index contributed by atoms with van der Waals surface area (Å²) in [7, 11) is 0. The Morgan fingerprint density at radius 2 is 1.70 bits per heavy atom. The summed E-state index contributed by atoms with van der Waals surface area (Å²) in [5.41, 5.74) is 0. The molecule has 0 radical (unpaired) electrons. The van der Waals surface area contributed by atoms with Crippen molar-refractivity contribution in [2.75, 3.05) is 45.8 Å². The summed E-state index contributed by atoms with van der Waals surface area (Å²) in [6.45, 7) is 7.44. The van der Waals surface area contributed by atoms with Gasteiger partial charge in [-0.2, -0.15) is 0 Å². The molecule has 1 saturated heterocycles. The van der Waals surface area contributed by atoms with E-state index in [2.05, 4.69) is 17.6 Å². The van der Waals surface area contributed by atoms with Crippen molar-refractivity contribution < 1.29 is 14.4 Å². The van der Waals surface area contributed by atoms with Gasteiger partial charge in [-0.3, -0.25) is 14.4 Å². The number of likely N-dealkylation sites (N-methyl/N-ethyl adjacent to an activating group) is 1. The SMILES string of the molecule is CCCNCCNC(=O)CN1CCN(CC)C(=O)C1=O. The van der Waals surface area contributed by atoms with E-state index >= 15 is 0 Å². The van der Waals surface area contributed by atoms with Crippen LogP contribution in [0.3, 0.4) is 0 Å². The Hall–Kier alpha value is -1.63. The van der Waals surface area contributed by atoms with Crippen molar-refractivity contribution in [2.24, 2.45) is 0 Å². The van der Waals surface area contributed by atoms with E-state index < -0.39 is 11.8 Å². The van der Waals surface area contributed by atoms with Crippen LogP contribution in [0.15, 0.2) is 0 Å². The standard InChI is InChI=1S/C13H24N4O3/c1-3-5-14-6-7-15-11(18)10-17-9-8-16(4-2)12(19)13(17)20/h14H,3-10H2,1-2H3,(H,15,18). The monoisotopic (exact) mass is 284 g/mol. The Bertz CT molecular complexity index is 360. The van der Waals surface area contributed by atoms with Gasteiger partial charge >= 0.3 is 11.8 Å². The summed E-state index contributed by atoms with van der Waals surface area (Å²) >= 11 is 0. The first-order valence-electron chi connectivity index (χ1n) is 7.15. The van der Waals surface area contributed by atoms with Crippen LogP contribution in [0.2, 0.25) is 0 Å². The number of carbonyl (C=O) groups is 3.